The molecule has 0 radical (unpaired) electrons. The van der Waals surface area contributed by atoms with E-state index < -0.39 is 0 Å². The van der Waals surface area contributed by atoms with Crippen LogP contribution in [0.25, 0.3) is 22.0 Å². The maximum Gasteiger partial charge on any atom is 0.269 e. The van der Waals surface area contributed by atoms with E-state index in [1.807, 2.05) is 22.9 Å². The zero-order valence-electron chi connectivity index (χ0n) is 10.3. The average molecular weight is 269 g/mol. The molecule has 0 saturated carbocycles. The van der Waals surface area contributed by atoms with Crippen molar-refractivity contribution in [3.63, 3.8) is 0 Å². The van der Waals surface area contributed by atoms with Gasteiger partial charge in [-0.3, -0.25) is 9.78 Å². The van der Waals surface area contributed by atoms with Crippen LogP contribution < -0.4 is 5.32 Å². The first-order valence-electron chi connectivity index (χ1n) is 5.79. The summed E-state index contributed by atoms with van der Waals surface area (Å²) in [6.07, 6.45) is 3.54. The molecule has 1 amide bonds. The zero-order chi connectivity index (χ0) is 13.2. The Morgan fingerprint density at radius 3 is 2.89 bits per heavy atom. The molecule has 0 fully saturated rings. The third-order valence-corrected chi connectivity index (χ3v) is 3.57. The van der Waals surface area contributed by atoms with E-state index in [4.69, 9.17) is 0 Å². The highest BCUT2D eigenvalue weighted by Crippen LogP contribution is 2.27. The number of carbonyl (C=O) groups is 1. The van der Waals surface area contributed by atoms with Gasteiger partial charge in [0.05, 0.1) is 5.52 Å². The van der Waals surface area contributed by atoms with Gasteiger partial charge in [-0.25, -0.2) is 4.98 Å². The normalized spacial score (nSPS) is 10.6. The van der Waals surface area contributed by atoms with Crippen molar-refractivity contribution in [2.75, 3.05) is 7.05 Å². The largest absolute Gasteiger partial charge is 0.354 e. The van der Waals surface area contributed by atoms with Gasteiger partial charge in [-0.15, -0.1) is 0 Å². The zero-order valence-corrected chi connectivity index (χ0v) is 11.1. The van der Waals surface area contributed by atoms with E-state index in [-0.39, 0.29) is 5.91 Å². The molecule has 3 aromatic heterocycles. The third kappa shape index (κ3) is 2.08. The first-order chi connectivity index (χ1) is 9.29. The van der Waals surface area contributed by atoms with Gasteiger partial charge in [-0.05, 0) is 34.5 Å². The number of thiophene rings is 1. The van der Waals surface area contributed by atoms with Crippen LogP contribution in [-0.4, -0.2) is 22.9 Å². The van der Waals surface area contributed by atoms with Crippen molar-refractivity contribution in [2.45, 2.75) is 0 Å². The van der Waals surface area contributed by atoms with Crippen LogP contribution >= 0.6 is 11.3 Å². The minimum atomic E-state index is -0.185. The van der Waals surface area contributed by atoms with Crippen LogP contribution in [0.3, 0.4) is 0 Å². The van der Waals surface area contributed by atoms with Crippen LogP contribution in [-0.2, 0) is 0 Å². The number of hydrogen-bond donors (Lipinski definition) is 1. The summed E-state index contributed by atoms with van der Waals surface area (Å²) >= 11 is 1.62. The summed E-state index contributed by atoms with van der Waals surface area (Å²) < 4.78 is 0. The molecule has 94 valence electrons. The molecule has 19 heavy (non-hydrogen) atoms. The van der Waals surface area contributed by atoms with Gasteiger partial charge in [0.2, 0.25) is 0 Å². The molecule has 0 aliphatic carbocycles. The number of pyridine rings is 2. The van der Waals surface area contributed by atoms with Gasteiger partial charge in [0.15, 0.2) is 0 Å². The van der Waals surface area contributed by atoms with Crippen molar-refractivity contribution in [1.29, 1.82) is 0 Å². The van der Waals surface area contributed by atoms with Gasteiger partial charge in [-0.1, -0.05) is 0 Å². The van der Waals surface area contributed by atoms with Crippen LogP contribution in [0.5, 0.6) is 0 Å². The van der Waals surface area contributed by atoms with Crippen molar-refractivity contribution < 1.29 is 4.79 Å². The number of hydrogen-bond acceptors (Lipinski definition) is 4. The molecule has 4 nitrogen and oxygen atoms in total. The van der Waals surface area contributed by atoms with Crippen molar-refractivity contribution in [3.05, 3.63) is 47.0 Å². The van der Waals surface area contributed by atoms with E-state index in [0.29, 0.717) is 5.69 Å². The van der Waals surface area contributed by atoms with E-state index in [1.165, 1.54) is 0 Å². The highest BCUT2D eigenvalue weighted by Gasteiger charge is 2.10. The van der Waals surface area contributed by atoms with Gasteiger partial charge >= 0.3 is 0 Å². The minimum absolute atomic E-state index is 0.185. The van der Waals surface area contributed by atoms with E-state index in [9.17, 15) is 4.79 Å². The number of carbonyl (C=O) groups excluding carboxylic acids is 1. The lowest BCUT2D eigenvalue weighted by atomic mass is 10.1. The molecule has 0 bridgehead atoms. The van der Waals surface area contributed by atoms with E-state index in [1.54, 1.807) is 36.8 Å². The molecule has 0 aliphatic rings. The second-order valence-corrected chi connectivity index (χ2v) is 4.83. The molecule has 3 heterocycles. The maximum atomic E-state index is 11.7. The van der Waals surface area contributed by atoms with Crippen LogP contribution in [0.2, 0.25) is 0 Å². The maximum absolute atomic E-state index is 11.7. The van der Waals surface area contributed by atoms with Crippen molar-refractivity contribution in [1.82, 2.24) is 15.3 Å². The van der Waals surface area contributed by atoms with Gasteiger partial charge in [-0.2, -0.15) is 11.3 Å². The molecule has 1 N–H and O–H groups in total. The second-order valence-electron chi connectivity index (χ2n) is 4.05. The van der Waals surface area contributed by atoms with E-state index in [2.05, 4.69) is 15.3 Å². The molecule has 0 aliphatic heterocycles. The van der Waals surface area contributed by atoms with Crippen molar-refractivity contribution >= 4 is 28.1 Å². The predicted molar refractivity (Wildman–Crippen MR) is 76.2 cm³/mol. The second kappa shape index (κ2) is 4.78. The summed E-state index contributed by atoms with van der Waals surface area (Å²) in [5.74, 6) is -0.185. The van der Waals surface area contributed by atoms with E-state index in [0.717, 1.165) is 22.0 Å². The van der Waals surface area contributed by atoms with Gasteiger partial charge in [0.25, 0.3) is 5.91 Å². The van der Waals surface area contributed by atoms with Crippen LogP contribution in [0, 0.1) is 0 Å². The fourth-order valence-electron chi connectivity index (χ4n) is 1.93. The van der Waals surface area contributed by atoms with Crippen LogP contribution in [0.4, 0.5) is 0 Å². The molecule has 3 rings (SSSR count). The van der Waals surface area contributed by atoms with E-state index >= 15 is 0 Å². The number of nitrogens with zero attached hydrogens (tertiary/aromatic N) is 2. The quantitative estimate of drug-likeness (QED) is 0.778. The highest BCUT2D eigenvalue weighted by molar-refractivity contribution is 7.08. The first kappa shape index (κ1) is 11.8. The number of rotatable bonds is 2. The predicted octanol–water partition coefficient (Wildman–Crippen LogP) is 2.72. The Bertz CT molecular complexity index is 738. The fraction of sp³-hybridized carbons (Fsp3) is 0.0714. The Hall–Kier alpha value is -2.27. The smallest absolute Gasteiger partial charge is 0.269 e. The summed E-state index contributed by atoms with van der Waals surface area (Å²) in [5, 5.41) is 7.57. The number of nitrogens with one attached hydrogen (secondary N) is 1. The summed E-state index contributed by atoms with van der Waals surface area (Å²) in [5.41, 5.74) is 3.24. The lowest BCUT2D eigenvalue weighted by molar-refractivity contribution is 0.0958. The molecular weight excluding hydrogens is 258 g/mol. The Morgan fingerprint density at radius 1 is 1.26 bits per heavy atom. The molecule has 0 aromatic carbocycles. The Kier molecular flexibility index (Phi) is 2.97. The van der Waals surface area contributed by atoms with Gasteiger partial charge in [0, 0.05) is 30.4 Å². The molecular formula is C14H11N3OS. The van der Waals surface area contributed by atoms with Crippen LogP contribution in [0.15, 0.2) is 41.4 Å². The number of amides is 1. The van der Waals surface area contributed by atoms with Gasteiger partial charge < -0.3 is 5.32 Å². The number of fused-ring (bicyclic) bond motifs is 1. The Labute approximate surface area is 114 Å². The summed E-state index contributed by atoms with van der Waals surface area (Å²) in [4.78, 5) is 20.3. The van der Waals surface area contributed by atoms with Crippen molar-refractivity contribution in [2.24, 2.45) is 0 Å². The summed E-state index contributed by atoms with van der Waals surface area (Å²) in [7, 11) is 1.60. The molecule has 3 aromatic rings. The molecule has 0 unspecified atom stereocenters. The summed E-state index contributed by atoms with van der Waals surface area (Å²) in [6, 6.07) is 5.60. The summed E-state index contributed by atoms with van der Waals surface area (Å²) in [6.45, 7) is 0. The number of aromatic nitrogens is 2. The topological polar surface area (TPSA) is 54.9 Å². The monoisotopic (exact) mass is 269 g/mol. The first-order valence-corrected chi connectivity index (χ1v) is 6.73. The average Bonchev–Trinajstić information content (AvgIpc) is 2.99. The Morgan fingerprint density at radius 2 is 2.16 bits per heavy atom. The van der Waals surface area contributed by atoms with Gasteiger partial charge in [0.1, 0.15) is 5.69 Å². The molecule has 0 saturated heterocycles. The SMILES string of the molecule is CNC(=O)c1ccc2cncc(-c3ccsc3)c2n1. The lowest BCUT2D eigenvalue weighted by Crippen LogP contribution is -2.19. The minimum Gasteiger partial charge on any atom is -0.354 e. The highest BCUT2D eigenvalue weighted by atomic mass is 32.1. The Balaban J connectivity index is 2.25. The van der Waals surface area contributed by atoms with Crippen LogP contribution in [0.1, 0.15) is 10.5 Å². The molecule has 5 heteroatoms. The standard InChI is InChI=1S/C14H11N3OS/c1-15-14(18)12-3-2-9-6-16-7-11(13(9)17-12)10-4-5-19-8-10/h2-8H,1H3,(H,15,18). The van der Waals surface area contributed by atoms with Crippen molar-refractivity contribution in [3.8, 4) is 11.1 Å². The molecule has 0 atom stereocenters. The molecule has 0 spiro atoms. The lowest BCUT2D eigenvalue weighted by Gasteiger charge is -2.05. The third-order valence-electron chi connectivity index (χ3n) is 2.89. The fourth-order valence-corrected chi connectivity index (χ4v) is 2.58.